The minimum atomic E-state index is -0.303. The molecule has 0 spiro atoms. The van der Waals surface area contributed by atoms with Gasteiger partial charge < -0.3 is 14.5 Å². The van der Waals surface area contributed by atoms with E-state index in [1.165, 1.54) is 18.6 Å². The van der Waals surface area contributed by atoms with Crippen LogP contribution in [-0.2, 0) is 29.1 Å². The van der Waals surface area contributed by atoms with E-state index < -0.39 is 0 Å². The SMILES string of the molecule is COc1ccc(CC(=O)N(CC(=O)N(Cc2ccc(F)cc2)Cc2cccs2)C2CCCCC2)cc1. The molecule has 1 aromatic heterocycles. The molecular formula is C29H33FN2O3S. The van der Waals surface area contributed by atoms with Gasteiger partial charge in [-0.1, -0.05) is 49.6 Å². The smallest absolute Gasteiger partial charge is 0.242 e. The van der Waals surface area contributed by atoms with Gasteiger partial charge in [0.25, 0.3) is 0 Å². The van der Waals surface area contributed by atoms with Gasteiger partial charge in [-0.05, 0) is 59.7 Å². The second-order valence-corrected chi connectivity index (χ2v) is 10.3. The maximum atomic E-state index is 13.7. The first-order valence-electron chi connectivity index (χ1n) is 12.5. The molecule has 2 amide bonds. The van der Waals surface area contributed by atoms with E-state index in [1.807, 2.05) is 41.8 Å². The van der Waals surface area contributed by atoms with E-state index in [0.29, 0.717) is 13.1 Å². The summed E-state index contributed by atoms with van der Waals surface area (Å²) in [6.45, 7) is 0.869. The van der Waals surface area contributed by atoms with Crippen LogP contribution in [0.1, 0.15) is 48.1 Å². The Bertz CT molecular complexity index is 1110. The molecule has 0 saturated heterocycles. The Hall–Kier alpha value is -3.19. The number of carbonyl (C=O) groups excluding carboxylic acids is 2. The van der Waals surface area contributed by atoms with Gasteiger partial charge in [-0.3, -0.25) is 9.59 Å². The van der Waals surface area contributed by atoms with Crippen molar-refractivity contribution in [3.05, 3.63) is 87.9 Å². The van der Waals surface area contributed by atoms with E-state index in [4.69, 9.17) is 4.74 Å². The maximum Gasteiger partial charge on any atom is 0.242 e. The Kier molecular flexibility index (Phi) is 9.11. The molecule has 1 saturated carbocycles. The highest BCUT2D eigenvalue weighted by atomic mass is 32.1. The fraction of sp³-hybridized carbons (Fsp3) is 0.379. The minimum absolute atomic E-state index is 0.0294. The first kappa shape index (κ1) is 25.9. The van der Waals surface area contributed by atoms with Crippen molar-refractivity contribution in [2.45, 2.75) is 57.7 Å². The number of ether oxygens (including phenoxy) is 1. The number of carbonyl (C=O) groups is 2. The molecule has 0 radical (unpaired) electrons. The number of amides is 2. The molecule has 0 atom stereocenters. The lowest BCUT2D eigenvalue weighted by Gasteiger charge is -2.35. The quantitative estimate of drug-likeness (QED) is 0.346. The van der Waals surface area contributed by atoms with Gasteiger partial charge >= 0.3 is 0 Å². The van der Waals surface area contributed by atoms with E-state index in [9.17, 15) is 14.0 Å². The lowest BCUT2D eigenvalue weighted by molar-refractivity contribution is -0.143. The van der Waals surface area contributed by atoms with E-state index in [0.717, 1.165) is 47.4 Å². The van der Waals surface area contributed by atoms with Gasteiger partial charge in [0, 0.05) is 17.5 Å². The van der Waals surface area contributed by atoms with Crippen LogP contribution >= 0.6 is 11.3 Å². The molecule has 36 heavy (non-hydrogen) atoms. The summed E-state index contributed by atoms with van der Waals surface area (Å²) in [6.07, 6.45) is 5.39. The third-order valence-corrected chi connectivity index (χ3v) is 7.58. The van der Waals surface area contributed by atoms with E-state index in [1.54, 1.807) is 40.4 Å². The number of benzene rings is 2. The van der Waals surface area contributed by atoms with Crippen molar-refractivity contribution in [1.82, 2.24) is 9.80 Å². The molecule has 1 aliphatic rings. The molecule has 0 unspecified atom stereocenters. The lowest BCUT2D eigenvalue weighted by Crippen LogP contribution is -2.48. The highest BCUT2D eigenvalue weighted by Crippen LogP contribution is 2.24. The fourth-order valence-electron chi connectivity index (χ4n) is 4.71. The molecular weight excluding hydrogens is 475 g/mol. The van der Waals surface area contributed by atoms with Crippen molar-refractivity contribution in [3.8, 4) is 5.75 Å². The summed E-state index contributed by atoms with van der Waals surface area (Å²) >= 11 is 1.60. The molecule has 5 nitrogen and oxygen atoms in total. The standard InChI is InChI=1S/C29H33FN2O3S/c1-35-26-15-11-22(12-16-26)18-28(33)32(25-6-3-2-4-7-25)21-29(34)31(20-27-8-5-17-36-27)19-23-9-13-24(30)14-10-23/h5,8-17,25H,2-4,6-7,18-21H2,1H3. The van der Waals surface area contributed by atoms with Crippen molar-refractivity contribution in [2.75, 3.05) is 13.7 Å². The zero-order chi connectivity index (χ0) is 25.3. The lowest BCUT2D eigenvalue weighted by atomic mass is 9.93. The Balaban J connectivity index is 1.52. The largest absolute Gasteiger partial charge is 0.497 e. The molecule has 7 heteroatoms. The van der Waals surface area contributed by atoms with Crippen molar-refractivity contribution in [1.29, 1.82) is 0 Å². The van der Waals surface area contributed by atoms with Gasteiger partial charge in [0.05, 0.1) is 20.1 Å². The van der Waals surface area contributed by atoms with E-state index in [2.05, 4.69) is 0 Å². The van der Waals surface area contributed by atoms with Crippen LogP contribution in [-0.4, -0.2) is 41.3 Å². The highest BCUT2D eigenvalue weighted by molar-refractivity contribution is 7.09. The monoisotopic (exact) mass is 508 g/mol. The summed E-state index contributed by atoms with van der Waals surface area (Å²) in [7, 11) is 1.62. The zero-order valence-corrected chi connectivity index (χ0v) is 21.5. The van der Waals surface area contributed by atoms with Crippen LogP contribution in [0.2, 0.25) is 0 Å². The van der Waals surface area contributed by atoms with E-state index >= 15 is 0 Å². The molecule has 2 aromatic carbocycles. The first-order valence-corrected chi connectivity index (χ1v) is 13.4. The van der Waals surface area contributed by atoms with Crippen LogP contribution < -0.4 is 4.74 Å². The summed E-state index contributed by atoms with van der Waals surface area (Å²) in [5, 5.41) is 1.99. The van der Waals surface area contributed by atoms with Crippen molar-refractivity contribution >= 4 is 23.2 Å². The Labute approximate surface area is 216 Å². The van der Waals surface area contributed by atoms with Crippen molar-refractivity contribution in [3.63, 3.8) is 0 Å². The molecule has 0 bridgehead atoms. The number of methoxy groups -OCH3 is 1. The van der Waals surface area contributed by atoms with Gasteiger partial charge in [0.1, 0.15) is 18.1 Å². The van der Waals surface area contributed by atoms with Gasteiger partial charge in [0.15, 0.2) is 0 Å². The van der Waals surface area contributed by atoms with Gasteiger partial charge in [-0.25, -0.2) is 4.39 Å². The summed E-state index contributed by atoms with van der Waals surface area (Å²) in [5.41, 5.74) is 1.76. The van der Waals surface area contributed by atoms with Crippen LogP contribution in [0, 0.1) is 5.82 Å². The van der Waals surface area contributed by atoms with Gasteiger partial charge in [0.2, 0.25) is 11.8 Å². The highest BCUT2D eigenvalue weighted by Gasteiger charge is 2.29. The second kappa shape index (κ2) is 12.7. The number of hydrogen-bond donors (Lipinski definition) is 0. The predicted octanol–water partition coefficient (Wildman–Crippen LogP) is 5.83. The minimum Gasteiger partial charge on any atom is -0.497 e. The first-order chi connectivity index (χ1) is 17.5. The Morgan fingerprint density at radius 2 is 1.61 bits per heavy atom. The van der Waals surface area contributed by atoms with Crippen LogP contribution in [0.25, 0.3) is 0 Å². The van der Waals surface area contributed by atoms with Crippen LogP contribution in [0.5, 0.6) is 5.75 Å². The van der Waals surface area contributed by atoms with Crippen LogP contribution in [0.15, 0.2) is 66.0 Å². The summed E-state index contributed by atoms with van der Waals surface area (Å²) in [4.78, 5) is 31.8. The molecule has 3 aromatic rings. The topological polar surface area (TPSA) is 49.9 Å². The number of thiophene rings is 1. The third-order valence-electron chi connectivity index (χ3n) is 6.72. The van der Waals surface area contributed by atoms with Crippen LogP contribution in [0.3, 0.4) is 0 Å². The summed E-state index contributed by atoms with van der Waals surface area (Å²) < 4.78 is 18.7. The average Bonchev–Trinajstić information content (AvgIpc) is 3.42. The van der Waals surface area contributed by atoms with Crippen molar-refractivity contribution < 1.29 is 18.7 Å². The summed E-state index contributed by atoms with van der Waals surface area (Å²) in [5.74, 6) is 0.317. The Morgan fingerprint density at radius 3 is 2.25 bits per heavy atom. The normalized spacial score (nSPS) is 13.8. The molecule has 0 N–H and O–H groups in total. The zero-order valence-electron chi connectivity index (χ0n) is 20.7. The number of hydrogen-bond acceptors (Lipinski definition) is 4. The molecule has 1 fully saturated rings. The van der Waals surface area contributed by atoms with Gasteiger partial charge in [-0.15, -0.1) is 11.3 Å². The number of halogens is 1. The molecule has 1 aliphatic carbocycles. The molecule has 0 aliphatic heterocycles. The molecule has 190 valence electrons. The molecule has 4 rings (SSSR count). The Morgan fingerprint density at radius 1 is 0.917 bits per heavy atom. The van der Waals surface area contributed by atoms with Crippen LogP contribution in [0.4, 0.5) is 4.39 Å². The third kappa shape index (κ3) is 7.17. The van der Waals surface area contributed by atoms with E-state index in [-0.39, 0.29) is 36.6 Å². The average molecular weight is 509 g/mol. The second-order valence-electron chi connectivity index (χ2n) is 9.29. The number of nitrogens with zero attached hydrogens (tertiary/aromatic N) is 2. The summed E-state index contributed by atoms with van der Waals surface area (Å²) in [6, 6.07) is 17.8. The van der Waals surface area contributed by atoms with Gasteiger partial charge in [-0.2, -0.15) is 0 Å². The molecule has 1 heterocycles. The fourth-order valence-corrected chi connectivity index (χ4v) is 5.43. The van der Waals surface area contributed by atoms with Crippen molar-refractivity contribution in [2.24, 2.45) is 0 Å². The maximum absolute atomic E-state index is 13.7. The number of rotatable bonds is 10. The predicted molar refractivity (Wildman–Crippen MR) is 140 cm³/mol.